The van der Waals surface area contributed by atoms with Crippen LogP contribution >= 0.6 is 11.3 Å². The van der Waals surface area contributed by atoms with E-state index in [1.165, 1.54) is 11.3 Å². The summed E-state index contributed by atoms with van der Waals surface area (Å²) in [5.74, 6) is 0.483. The number of thiophene rings is 1. The van der Waals surface area contributed by atoms with Gasteiger partial charge in [-0.15, -0.1) is 11.3 Å². The number of amides is 1. The third-order valence-electron chi connectivity index (χ3n) is 5.46. The van der Waals surface area contributed by atoms with Gasteiger partial charge in [-0.1, -0.05) is 30.3 Å². The van der Waals surface area contributed by atoms with E-state index in [1.54, 1.807) is 38.5 Å². The van der Waals surface area contributed by atoms with E-state index in [4.69, 9.17) is 19.2 Å². The molecule has 0 aliphatic rings. The molecule has 0 unspecified atom stereocenters. The van der Waals surface area contributed by atoms with Crippen molar-refractivity contribution < 1.29 is 19.0 Å². The normalized spacial score (nSPS) is 12.0. The molecule has 0 aliphatic carbocycles. The van der Waals surface area contributed by atoms with Crippen molar-refractivity contribution in [2.45, 2.75) is 26.6 Å². The Balaban J connectivity index is 1.88. The van der Waals surface area contributed by atoms with E-state index in [0.717, 1.165) is 31.9 Å². The summed E-state index contributed by atoms with van der Waals surface area (Å²) in [5, 5.41) is 4.05. The number of anilines is 1. The first-order valence-corrected chi connectivity index (χ1v) is 11.9. The number of pyridine rings is 1. The lowest BCUT2D eigenvalue weighted by Crippen LogP contribution is -2.15. The maximum atomic E-state index is 13.3. The molecule has 2 aromatic carbocycles. The van der Waals surface area contributed by atoms with Crippen molar-refractivity contribution in [2.24, 2.45) is 0 Å². The third-order valence-corrected chi connectivity index (χ3v) is 6.59. The highest BCUT2D eigenvalue weighted by atomic mass is 32.1. The molecule has 2 aromatic heterocycles. The molecule has 2 heterocycles. The second kappa shape index (κ2) is 10.8. The molecule has 0 fully saturated rings. The second-order valence-corrected chi connectivity index (χ2v) is 8.84. The van der Waals surface area contributed by atoms with E-state index < -0.39 is 0 Å². The topological polar surface area (TPSA) is 69.7 Å². The van der Waals surface area contributed by atoms with E-state index >= 15 is 0 Å². The van der Waals surface area contributed by atoms with Gasteiger partial charge in [-0.2, -0.15) is 0 Å². The summed E-state index contributed by atoms with van der Waals surface area (Å²) in [6, 6.07) is 19.1. The molecule has 0 spiro atoms. The van der Waals surface area contributed by atoms with Gasteiger partial charge in [0, 0.05) is 30.4 Å². The van der Waals surface area contributed by atoms with Crippen molar-refractivity contribution in [1.82, 2.24) is 4.98 Å². The van der Waals surface area contributed by atoms with Crippen molar-refractivity contribution in [3.05, 3.63) is 87.9 Å². The average Bonchev–Trinajstić information content (AvgIpc) is 3.20. The highest BCUT2D eigenvalue weighted by molar-refractivity contribution is 7.19. The van der Waals surface area contributed by atoms with Gasteiger partial charge < -0.3 is 19.5 Å². The first-order chi connectivity index (χ1) is 16.5. The number of fused-ring (bicyclic) bond motifs is 1. The van der Waals surface area contributed by atoms with Gasteiger partial charge in [0.15, 0.2) is 0 Å². The molecule has 0 radical (unpaired) electrons. The fourth-order valence-corrected chi connectivity index (χ4v) is 5.25. The summed E-state index contributed by atoms with van der Waals surface area (Å²) >= 11 is 1.54. The monoisotopic (exact) mass is 476 g/mol. The summed E-state index contributed by atoms with van der Waals surface area (Å²) in [4.78, 5) is 19.8. The number of ether oxygens (including phenoxy) is 3. The molecule has 6 nitrogen and oxygen atoms in total. The van der Waals surface area contributed by atoms with Gasteiger partial charge in [-0.05, 0) is 55.3 Å². The number of carbonyl (C=O) groups is 1. The Morgan fingerprint density at radius 3 is 2.47 bits per heavy atom. The number of hydrogen-bond acceptors (Lipinski definition) is 6. The molecule has 176 valence electrons. The summed E-state index contributed by atoms with van der Waals surface area (Å²) in [5.41, 5.74) is 4.13. The minimum absolute atomic E-state index is 0.212. The van der Waals surface area contributed by atoms with Crippen LogP contribution in [0.5, 0.6) is 5.75 Å². The summed E-state index contributed by atoms with van der Waals surface area (Å²) in [6.07, 6.45) is -0.340. The number of aromatic nitrogens is 1. The van der Waals surface area contributed by atoms with Crippen molar-refractivity contribution >= 4 is 33.1 Å². The molecule has 7 heteroatoms. The van der Waals surface area contributed by atoms with Crippen LogP contribution in [0.4, 0.5) is 5.69 Å². The Labute approximate surface area is 203 Å². The number of aryl methyl sites for hydroxylation is 1. The standard InChI is InChI=1S/C27H28N2O4S/c1-5-33-24(18-9-7-6-8-10-18)25-23(29-26(30)19-11-13-21(32-4)14-12-19)22-20(16-31-3)15-17(2)28-27(22)34-25/h6-15,24H,5,16H2,1-4H3,(H,29,30)/t24-/m1/s1. The Morgan fingerprint density at radius 1 is 1.09 bits per heavy atom. The van der Waals surface area contributed by atoms with Crippen LogP contribution in [0.3, 0.4) is 0 Å². The average molecular weight is 477 g/mol. The highest BCUT2D eigenvalue weighted by Gasteiger charge is 2.26. The van der Waals surface area contributed by atoms with Crippen molar-refractivity contribution in [2.75, 3.05) is 26.1 Å². The largest absolute Gasteiger partial charge is 0.497 e. The zero-order valence-electron chi connectivity index (χ0n) is 19.8. The van der Waals surface area contributed by atoms with E-state index in [1.807, 2.05) is 50.2 Å². The van der Waals surface area contributed by atoms with Gasteiger partial charge in [-0.3, -0.25) is 4.79 Å². The van der Waals surface area contributed by atoms with Crippen LogP contribution < -0.4 is 10.1 Å². The second-order valence-electron chi connectivity index (χ2n) is 7.81. The lowest BCUT2D eigenvalue weighted by molar-refractivity contribution is 0.0940. The van der Waals surface area contributed by atoms with Gasteiger partial charge in [-0.25, -0.2) is 4.98 Å². The Bertz CT molecular complexity index is 1270. The Morgan fingerprint density at radius 2 is 1.82 bits per heavy atom. The molecular formula is C27H28N2O4S. The summed E-state index contributed by atoms with van der Waals surface area (Å²) < 4.78 is 16.9. The number of nitrogens with zero attached hydrogens (tertiary/aromatic N) is 1. The first-order valence-electron chi connectivity index (χ1n) is 11.1. The molecule has 0 saturated heterocycles. The van der Waals surface area contributed by atoms with Crippen molar-refractivity contribution in [1.29, 1.82) is 0 Å². The molecule has 1 amide bonds. The van der Waals surface area contributed by atoms with Crippen LogP contribution in [0.15, 0.2) is 60.7 Å². The molecule has 0 aliphatic heterocycles. The maximum absolute atomic E-state index is 13.3. The van der Waals surface area contributed by atoms with E-state index in [0.29, 0.717) is 30.2 Å². The van der Waals surface area contributed by atoms with Gasteiger partial charge in [0.2, 0.25) is 0 Å². The summed E-state index contributed by atoms with van der Waals surface area (Å²) in [6.45, 7) is 4.87. The molecule has 0 bridgehead atoms. The van der Waals surface area contributed by atoms with Crippen molar-refractivity contribution in [3.8, 4) is 5.75 Å². The Hall–Kier alpha value is -3.26. The van der Waals surface area contributed by atoms with Crippen LogP contribution in [0, 0.1) is 6.92 Å². The molecule has 1 N–H and O–H groups in total. The molecule has 4 aromatic rings. The number of rotatable bonds is 9. The highest BCUT2D eigenvalue weighted by Crippen LogP contribution is 2.44. The minimum Gasteiger partial charge on any atom is -0.497 e. The zero-order chi connectivity index (χ0) is 24.1. The number of nitrogens with one attached hydrogen (secondary N) is 1. The van der Waals surface area contributed by atoms with Crippen LogP contribution in [0.1, 0.15) is 45.1 Å². The molecule has 4 rings (SSSR count). The molecule has 0 saturated carbocycles. The lowest BCUT2D eigenvalue weighted by Gasteiger charge is -2.19. The molecule has 34 heavy (non-hydrogen) atoms. The summed E-state index contributed by atoms with van der Waals surface area (Å²) in [7, 11) is 3.26. The van der Waals surface area contributed by atoms with Crippen molar-refractivity contribution in [3.63, 3.8) is 0 Å². The number of carbonyl (C=O) groups excluding carboxylic acids is 1. The fourth-order valence-electron chi connectivity index (χ4n) is 3.95. The van der Waals surface area contributed by atoms with Gasteiger partial charge in [0.25, 0.3) is 5.91 Å². The van der Waals surface area contributed by atoms with Crippen LogP contribution in [0.2, 0.25) is 0 Å². The zero-order valence-corrected chi connectivity index (χ0v) is 20.6. The predicted molar refractivity (Wildman–Crippen MR) is 136 cm³/mol. The third kappa shape index (κ3) is 4.97. The van der Waals surface area contributed by atoms with Gasteiger partial charge >= 0.3 is 0 Å². The lowest BCUT2D eigenvalue weighted by atomic mass is 10.0. The molecule has 1 atom stereocenters. The van der Waals surface area contributed by atoms with E-state index in [9.17, 15) is 4.79 Å². The number of methoxy groups -OCH3 is 2. The first kappa shape index (κ1) is 23.9. The van der Waals surface area contributed by atoms with E-state index in [-0.39, 0.29) is 12.0 Å². The predicted octanol–water partition coefficient (Wildman–Crippen LogP) is 6.14. The van der Waals surface area contributed by atoms with Gasteiger partial charge in [0.05, 0.1) is 24.3 Å². The maximum Gasteiger partial charge on any atom is 0.255 e. The van der Waals surface area contributed by atoms with Crippen LogP contribution in [-0.4, -0.2) is 31.7 Å². The number of benzene rings is 2. The SMILES string of the molecule is CCO[C@H](c1ccccc1)c1sc2nc(C)cc(COC)c2c1NC(=O)c1ccc(OC)cc1. The quantitative estimate of drug-likeness (QED) is 0.314. The van der Waals surface area contributed by atoms with Crippen LogP contribution in [0.25, 0.3) is 10.2 Å². The smallest absolute Gasteiger partial charge is 0.255 e. The fraction of sp³-hybridized carbons (Fsp3) is 0.259. The minimum atomic E-state index is -0.340. The van der Waals surface area contributed by atoms with Gasteiger partial charge in [0.1, 0.15) is 16.7 Å². The van der Waals surface area contributed by atoms with Crippen LogP contribution in [-0.2, 0) is 16.1 Å². The number of hydrogen-bond donors (Lipinski definition) is 1. The Kier molecular flexibility index (Phi) is 7.57. The molecular weight excluding hydrogens is 448 g/mol. The van der Waals surface area contributed by atoms with E-state index in [2.05, 4.69) is 5.32 Å².